The van der Waals surface area contributed by atoms with Crippen LogP contribution in [-0.4, -0.2) is 40.3 Å². The fourth-order valence-electron chi connectivity index (χ4n) is 4.19. The number of allylic oxidation sites excluding steroid dienone is 7. The number of hydrogen-bond donors (Lipinski definition) is 0. The Balaban J connectivity index is 1.46. The van der Waals surface area contributed by atoms with E-state index in [1.165, 1.54) is 5.57 Å². The zero-order chi connectivity index (χ0) is 21.4. The maximum Gasteiger partial charge on any atom is 0.255 e. The van der Waals surface area contributed by atoms with Gasteiger partial charge in [0.05, 0.1) is 0 Å². The van der Waals surface area contributed by atoms with Crippen LogP contribution in [0.1, 0.15) is 24.8 Å². The third kappa shape index (κ3) is 3.84. The van der Waals surface area contributed by atoms with Crippen molar-refractivity contribution in [1.82, 2.24) is 14.8 Å². The second kappa shape index (κ2) is 8.00. The predicted octanol–water partition coefficient (Wildman–Crippen LogP) is 4.91. The Labute approximate surface area is 182 Å². The van der Waals surface area contributed by atoms with Gasteiger partial charge in [-0.2, -0.15) is 0 Å². The normalized spacial score (nSPS) is 23.8. The standard InChI is InChI=1S/C26H25N3O2/c1-3-28-13-11-19(12-14-28)22-7-9-23-6-4-5-20(16-26(30)29(23)17-22)21-8-10-24-25(15-21)31-18(2)27-24/h4-11,15-17H,3,12-14H2,1-2H3/b5-4+,20-16+,23-6+. The second-order valence-corrected chi connectivity index (χ2v) is 7.96. The highest BCUT2D eigenvalue weighted by molar-refractivity contribution is 6.00. The number of benzene rings is 1. The zero-order valence-electron chi connectivity index (χ0n) is 17.8. The van der Waals surface area contributed by atoms with Crippen molar-refractivity contribution in [3.63, 3.8) is 0 Å². The van der Waals surface area contributed by atoms with Crippen LogP contribution < -0.4 is 0 Å². The number of carbonyl (C=O) groups is 1. The number of nitrogens with zero attached hydrogens (tertiary/aromatic N) is 3. The SMILES string of the molecule is CCN1CC=C(C2=CN3C(=O)\C=C(c4ccc5nc(C)oc5c4)/C=C/C=C/3C=C2)CC1. The van der Waals surface area contributed by atoms with Crippen LogP contribution in [0.5, 0.6) is 0 Å². The summed E-state index contributed by atoms with van der Waals surface area (Å²) in [7, 11) is 0. The Kier molecular flexibility index (Phi) is 5.04. The van der Waals surface area contributed by atoms with Gasteiger partial charge in [-0.25, -0.2) is 4.98 Å². The first kappa shape index (κ1) is 19.5. The van der Waals surface area contributed by atoms with Crippen molar-refractivity contribution in [1.29, 1.82) is 0 Å². The molecule has 31 heavy (non-hydrogen) atoms. The van der Waals surface area contributed by atoms with Gasteiger partial charge >= 0.3 is 0 Å². The number of likely N-dealkylation sites (N-methyl/N-ethyl adjacent to an activating group) is 1. The minimum atomic E-state index is -0.0621. The van der Waals surface area contributed by atoms with Gasteiger partial charge in [-0.1, -0.05) is 37.3 Å². The van der Waals surface area contributed by atoms with Gasteiger partial charge in [0.15, 0.2) is 11.5 Å². The molecule has 0 radical (unpaired) electrons. The lowest BCUT2D eigenvalue weighted by molar-refractivity contribution is -0.122. The van der Waals surface area contributed by atoms with E-state index in [0.29, 0.717) is 5.89 Å². The molecule has 0 spiro atoms. The van der Waals surface area contributed by atoms with E-state index in [1.807, 2.05) is 55.6 Å². The summed E-state index contributed by atoms with van der Waals surface area (Å²) in [4.78, 5) is 21.7. The van der Waals surface area contributed by atoms with E-state index in [-0.39, 0.29) is 5.91 Å². The van der Waals surface area contributed by atoms with Gasteiger partial charge in [0.1, 0.15) is 5.52 Å². The van der Waals surface area contributed by atoms with Crippen molar-refractivity contribution in [2.24, 2.45) is 0 Å². The van der Waals surface area contributed by atoms with Crippen LogP contribution in [0.3, 0.4) is 0 Å². The first-order valence-electron chi connectivity index (χ1n) is 10.7. The minimum absolute atomic E-state index is 0.0621. The molecule has 1 aromatic heterocycles. The molecule has 0 saturated heterocycles. The number of oxazole rings is 1. The van der Waals surface area contributed by atoms with E-state index >= 15 is 0 Å². The first-order valence-corrected chi connectivity index (χ1v) is 10.7. The Morgan fingerprint density at radius 2 is 2.06 bits per heavy atom. The molecule has 3 aliphatic heterocycles. The van der Waals surface area contributed by atoms with Crippen LogP contribution in [0.4, 0.5) is 0 Å². The molecule has 0 unspecified atom stereocenters. The summed E-state index contributed by atoms with van der Waals surface area (Å²) < 4.78 is 5.67. The molecule has 0 aliphatic carbocycles. The highest BCUT2D eigenvalue weighted by Gasteiger charge is 2.21. The molecule has 5 heteroatoms. The highest BCUT2D eigenvalue weighted by Crippen LogP contribution is 2.29. The van der Waals surface area contributed by atoms with Gasteiger partial charge in [0.25, 0.3) is 5.91 Å². The third-order valence-corrected chi connectivity index (χ3v) is 5.98. The molecule has 0 saturated carbocycles. The van der Waals surface area contributed by atoms with Crippen LogP contribution in [0.15, 0.2) is 88.2 Å². The van der Waals surface area contributed by atoms with Gasteiger partial charge in [-0.05, 0) is 59.5 Å². The molecule has 5 nitrogen and oxygen atoms in total. The summed E-state index contributed by atoms with van der Waals surface area (Å²) >= 11 is 0. The highest BCUT2D eigenvalue weighted by atomic mass is 16.3. The van der Waals surface area contributed by atoms with Crippen LogP contribution in [-0.2, 0) is 4.79 Å². The lowest BCUT2D eigenvalue weighted by atomic mass is 9.96. The summed E-state index contributed by atoms with van der Waals surface area (Å²) in [6, 6.07) is 5.84. The average Bonchev–Trinajstić information content (AvgIpc) is 3.16. The number of fused-ring (bicyclic) bond motifs is 2. The van der Waals surface area contributed by atoms with E-state index in [9.17, 15) is 4.79 Å². The third-order valence-electron chi connectivity index (χ3n) is 5.98. The number of amides is 1. The fourth-order valence-corrected chi connectivity index (χ4v) is 4.19. The zero-order valence-corrected chi connectivity index (χ0v) is 17.8. The molecule has 1 aromatic carbocycles. The van der Waals surface area contributed by atoms with Crippen LogP contribution >= 0.6 is 0 Å². The van der Waals surface area contributed by atoms with Gasteiger partial charge in [-0.15, -0.1) is 0 Å². The van der Waals surface area contributed by atoms with Crippen molar-refractivity contribution in [3.8, 4) is 0 Å². The molecule has 2 aromatic rings. The van der Waals surface area contributed by atoms with Gasteiger partial charge in [-0.3, -0.25) is 14.6 Å². The number of aryl methyl sites for hydroxylation is 1. The van der Waals surface area contributed by atoms with Crippen molar-refractivity contribution in [2.75, 3.05) is 19.6 Å². The van der Waals surface area contributed by atoms with Crippen molar-refractivity contribution < 1.29 is 9.21 Å². The Morgan fingerprint density at radius 3 is 2.87 bits per heavy atom. The van der Waals surface area contributed by atoms with Crippen LogP contribution in [0.25, 0.3) is 16.7 Å². The van der Waals surface area contributed by atoms with Crippen LogP contribution in [0.2, 0.25) is 0 Å². The average molecular weight is 412 g/mol. The minimum Gasteiger partial charge on any atom is -0.441 e. The van der Waals surface area contributed by atoms with Crippen molar-refractivity contribution >= 4 is 22.6 Å². The largest absolute Gasteiger partial charge is 0.441 e. The maximum atomic E-state index is 13.2. The number of aromatic nitrogens is 1. The molecule has 3 aliphatic rings. The molecule has 0 fully saturated rings. The quantitative estimate of drug-likeness (QED) is 0.720. The lowest BCUT2D eigenvalue weighted by Gasteiger charge is -2.28. The first-order chi connectivity index (χ1) is 15.1. The Bertz CT molecular complexity index is 1240. The fraction of sp³-hybridized carbons (Fsp3) is 0.231. The molecule has 156 valence electrons. The Hall–Kier alpha value is -3.44. The molecule has 5 rings (SSSR count). The summed E-state index contributed by atoms with van der Waals surface area (Å²) in [5.41, 5.74) is 6.60. The Morgan fingerprint density at radius 1 is 1.16 bits per heavy atom. The summed E-state index contributed by atoms with van der Waals surface area (Å²) in [6.45, 7) is 7.10. The van der Waals surface area contributed by atoms with E-state index in [4.69, 9.17) is 4.42 Å². The number of carbonyl (C=O) groups excluding carboxylic acids is 1. The summed E-state index contributed by atoms with van der Waals surface area (Å²) in [5, 5.41) is 0. The maximum absolute atomic E-state index is 13.2. The summed E-state index contributed by atoms with van der Waals surface area (Å²) in [6.07, 6.45) is 17.0. The topological polar surface area (TPSA) is 49.6 Å². The van der Waals surface area contributed by atoms with E-state index in [2.05, 4.69) is 29.0 Å². The van der Waals surface area contributed by atoms with Gasteiger partial charge in [0, 0.05) is 38.0 Å². The summed E-state index contributed by atoms with van der Waals surface area (Å²) in [5.74, 6) is 0.572. The van der Waals surface area contributed by atoms with E-state index in [0.717, 1.165) is 59.6 Å². The molecule has 1 amide bonds. The second-order valence-electron chi connectivity index (χ2n) is 7.96. The van der Waals surface area contributed by atoms with Gasteiger partial charge < -0.3 is 4.42 Å². The molecule has 0 atom stereocenters. The molecule has 0 N–H and O–H groups in total. The predicted molar refractivity (Wildman–Crippen MR) is 123 cm³/mol. The lowest BCUT2D eigenvalue weighted by Crippen LogP contribution is -2.30. The van der Waals surface area contributed by atoms with Crippen molar-refractivity contribution in [2.45, 2.75) is 20.3 Å². The molecular weight excluding hydrogens is 386 g/mol. The molecular formula is C26H25N3O2. The van der Waals surface area contributed by atoms with Crippen LogP contribution in [0, 0.1) is 6.92 Å². The molecule has 0 bridgehead atoms. The monoisotopic (exact) mass is 411 g/mol. The smallest absolute Gasteiger partial charge is 0.255 e. The number of hydrogen-bond acceptors (Lipinski definition) is 4. The number of rotatable bonds is 3. The van der Waals surface area contributed by atoms with E-state index < -0.39 is 0 Å². The molecule has 4 heterocycles. The van der Waals surface area contributed by atoms with Gasteiger partial charge in [0.2, 0.25) is 0 Å². The van der Waals surface area contributed by atoms with E-state index in [1.54, 1.807) is 11.0 Å². The van der Waals surface area contributed by atoms with Crippen molar-refractivity contribution in [3.05, 3.63) is 95.2 Å².